The highest BCUT2D eigenvalue weighted by atomic mass is 32.2. The Morgan fingerprint density at radius 2 is 2.00 bits per heavy atom. The maximum Gasteiger partial charge on any atom is 0.143 e. The summed E-state index contributed by atoms with van der Waals surface area (Å²) in [6.07, 6.45) is 1.73. The first-order valence-corrected chi connectivity index (χ1v) is 6.42. The fourth-order valence-corrected chi connectivity index (χ4v) is 2.38. The van der Waals surface area contributed by atoms with E-state index in [-0.39, 0.29) is 11.7 Å². The molecule has 0 saturated heterocycles. The maximum atomic E-state index is 9.28. The van der Waals surface area contributed by atoms with Gasteiger partial charge in [-0.05, 0) is 11.5 Å². The largest absolute Gasteiger partial charge is 0.383 e. The lowest BCUT2D eigenvalue weighted by atomic mass is 9.94. The minimum absolute atomic E-state index is 0.0441. The predicted molar refractivity (Wildman–Crippen MR) is 73.1 cm³/mol. The molecule has 1 aromatic rings. The zero-order chi connectivity index (χ0) is 13.7. The fourth-order valence-electron chi connectivity index (χ4n) is 1.64. The molecule has 1 rings (SSSR count). The van der Waals surface area contributed by atoms with Crippen LogP contribution in [0.15, 0.2) is 17.7 Å². The van der Waals surface area contributed by atoms with E-state index < -0.39 is 0 Å². The zero-order valence-electron chi connectivity index (χ0n) is 10.4. The van der Waals surface area contributed by atoms with Gasteiger partial charge >= 0.3 is 0 Å². The van der Waals surface area contributed by atoms with Crippen LogP contribution in [0.25, 0.3) is 0 Å². The summed E-state index contributed by atoms with van der Waals surface area (Å²) in [5, 5.41) is 19.0. The number of nitrogens with zero attached hydrogens (tertiary/aromatic N) is 3. The average molecular weight is 258 g/mol. The summed E-state index contributed by atoms with van der Waals surface area (Å²) in [5.74, 6) is 0.874. The quantitative estimate of drug-likeness (QED) is 0.662. The molecule has 0 atom stereocenters. The molecule has 4 nitrogen and oxygen atoms in total. The highest BCUT2D eigenvalue weighted by Gasteiger charge is 2.20. The Labute approximate surface area is 111 Å². The van der Waals surface area contributed by atoms with E-state index in [1.54, 1.807) is 6.08 Å². The number of hydrogen-bond donors (Lipinski definition) is 1. The zero-order valence-corrected chi connectivity index (χ0v) is 11.2. The third kappa shape index (κ3) is 2.64. The third-order valence-electron chi connectivity index (χ3n) is 2.37. The van der Waals surface area contributed by atoms with Crippen molar-refractivity contribution in [3.8, 4) is 12.1 Å². The van der Waals surface area contributed by atoms with Crippen molar-refractivity contribution in [1.82, 2.24) is 4.98 Å². The van der Waals surface area contributed by atoms with Gasteiger partial charge in [0.2, 0.25) is 0 Å². The monoisotopic (exact) mass is 258 g/mol. The molecular formula is C13H14N4S. The van der Waals surface area contributed by atoms with Crippen molar-refractivity contribution in [1.29, 1.82) is 10.5 Å². The number of nitriles is 2. The van der Waals surface area contributed by atoms with Gasteiger partial charge in [-0.1, -0.05) is 19.9 Å². The van der Waals surface area contributed by atoms with Gasteiger partial charge in [-0.25, -0.2) is 4.98 Å². The van der Waals surface area contributed by atoms with Gasteiger partial charge in [0.15, 0.2) is 0 Å². The number of rotatable bonds is 4. The summed E-state index contributed by atoms with van der Waals surface area (Å²) >= 11 is 1.40. The van der Waals surface area contributed by atoms with Crippen LogP contribution >= 0.6 is 11.8 Å². The Hall–Kier alpha value is -1.98. The van der Waals surface area contributed by atoms with Gasteiger partial charge in [0.25, 0.3) is 0 Å². The van der Waals surface area contributed by atoms with Crippen molar-refractivity contribution in [3.05, 3.63) is 29.3 Å². The summed E-state index contributed by atoms with van der Waals surface area (Å²) < 4.78 is 0. The lowest BCUT2D eigenvalue weighted by Crippen LogP contribution is -2.07. The van der Waals surface area contributed by atoms with Crippen LogP contribution in [0.2, 0.25) is 0 Å². The van der Waals surface area contributed by atoms with Gasteiger partial charge in [0.05, 0.1) is 11.1 Å². The molecule has 0 aromatic carbocycles. The normalized spacial score (nSPS) is 9.83. The van der Waals surface area contributed by atoms with Gasteiger partial charge < -0.3 is 5.73 Å². The van der Waals surface area contributed by atoms with Crippen molar-refractivity contribution in [2.45, 2.75) is 24.8 Å². The number of nitrogens with two attached hydrogens (primary N) is 1. The molecule has 0 fully saturated rings. The molecule has 1 aromatic heterocycles. The van der Waals surface area contributed by atoms with Crippen LogP contribution in [0.3, 0.4) is 0 Å². The minimum atomic E-state index is 0.0441. The second-order valence-corrected chi connectivity index (χ2v) is 4.95. The number of hydrogen-bond acceptors (Lipinski definition) is 5. The molecule has 0 aliphatic heterocycles. The lowest BCUT2D eigenvalue weighted by Gasteiger charge is -2.14. The summed E-state index contributed by atoms with van der Waals surface area (Å²) in [6, 6.07) is 4.17. The molecule has 1 heterocycles. The summed E-state index contributed by atoms with van der Waals surface area (Å²) in [6.45, 7) is 7.49. The number of nitrogen functional groups attached to an aromatic ring is 1. The molecule has 0 aliphatic rings. The molecular weight excluding hydrogens is 244 g/mol. The van der Waals surface area contributed by atoms with E-state index in [1.807, 2.05) is 19.9 Å². The molecule has 0 bridgehead atoms. The van der Waals surface area contributed by atoms with E-state index in [2.05, 4.69) is 17.6 Å². The van der Waals surface area contributed by atoms with E-state index in [4.69, 9.17) is 11.0 Å². The van der Waals surface area contributed by atoms with E-state index in [0.717, 1.165) is 0 Å². The van der Waals surface area contributed by atoms with Crippen LogP contribution in [-0.2, 0) is 0 Å². The van der Waals surface area contributed by atoms with Crippen molar-refractivity contribution in [2.75, 3.05) is 11.5 Å². The average Bonchev–Trinajstić information content (AvgIpc) is 2.34. The number of anilines is 1. The molecule has 0 amide bonds. The smallest absolute Gasteiger partial charge is 0.143 e. The van der Waals surface area contributed by atoms with Crippen LogP contribution in [0, 0.1) is 22.7 Å². The SMILES string of the molecule is C=CCSc1nc(N)c(C#N)c(C(C)C)c1C#N. The van der Waals surface area contributed by atoms with Crippen molar-refractivity contribution in [2.24, 2.45) is 0 Å². The van der Waals surface area contributed by atoms with Crippen LogP contribution in [-0.4, -0.2) is 10.7 Å². The summed E-state index contributed by atoms with van der Waals surface area (Å²) in [7, 11) is 0. The third-order valence-corrected chi connectivity index (χ3v) is 3.34. The minimum Gasteiger partial charge on any atom is -0.383 e. The predicted octanol–water partition coefficient (Wildman–Crippen LogP) is 2.81. The van der Waals surface area contributed by atoms with Crippen LogP contribution < -0.4 is 5.73 Å². The second-order valence-electron chi connectivity index (χ2n) is 3.94. The molecule has 0 radical (unpaired) electrons. The van der Waals surface area contributed by atoms with Crippen LogP contribution in [0.4, 0.5) is 5.82 Å². The molecule has 2 N–H and O–H groups in total. The highest BCUT2D eigenvalue weighted by Crippen LogP contribution is 2.32. The highest BCUT2D eigenvalue weighted by molar-refractivity contribution is 7.99. The van der Waals surface area contributed by atoms with E-state index in [1.165, 1.54) is 11.8 Å². The molecule has 5 heteroatoms. The molecule has 0 unspecified atom stereocenters. The Morgan fingerprint density at radius 1 is 1.39 bits per heavy atom. The first-order valence-electron chi connectivity index (χ1n) is 5.44. The topological polar surface area (TPSA) is 86.5 Å². The number of pyridine rings is 1. The van der Waals surface area contributed by atoms with Gasteiger partial charge in [-0.15, -0.1) is 18.3 Å². The molecule has 92 valence electrons. The van der Waals surface area contributed by atoms with Gasteiger partial charge in [0, 0.05) is 5.75 Å². The molecule has 18 heavy (non-hydrogen) atoms. The Morgan fingerprint density at radius 3 is 2.44 bits per heavy atom. The van der Waals surface area contributed by atoms with Crippen molar-refractivity contribution in [3.63, 3.8) is 0 Å². The van der Waals surface area contributed by atoms with Gasteiger partial charge in [0.1, 0.15) is 23.0 Å². The van der Waals surface area contributed by atoms with Crippen molar-refractivity contribution < 1.29 is 0 Å². The lowest BCUT2D eigenvalue weighted by molar-refractivity contribution is 0.843. The molecule has 0 aliphatic carbocycles. The Bertz CT molecular complexity index is 550. The Kier molecular flexibility index (Phi) is 4.76. The van der Waals surface area contributed by atoms with Gasteiger partial charge in [-0.3, -0.25) is 0 Å². The standard InChI is InChI=1S/C13H14N4S/c1-4-5-18-13-10(7-15)11(8(2)3)9(6-14)12(16)17-13/h4,8H,1,5H2,2-3H3,(H2,16,17). The molecule has 0 spiro atoms. The Balaban J connectivity index is 3.54. The maximum absolute atomic E-state index is 9.28. The first kappa shape index (κ1) is 14.1. The van der Waals surface area contributed by atoms with Crippen LogP contribution in [0.1, 0.15) is 36.5 Å². The summed E-state index contributed by atoms with van der Waals surface area (Å²) in [4.78, 5) is 4.14. The number of aromatic nitrogens is 1. The fraction of sp³-hybridized carbons (Fsp3) is 0.308. The van der Waals surface area contributed by atoms with Crippen LogP contribution in [0.5, 0.6) is 0 Å². The van der Waals surface area contributed by atoms with Gasteiger partial charge in [-0.2, -0.15) is 10.5 Å². The van der Waals surface area contributed by atoms with Crippen molar-refractivity contribution >= 4 is 17.6 Å². The van der Waals surface area contributed by atoms with E-state index >= 15 is 0 Å². The summed E-state index contributed by atoms with van der Waals surface area (Å²) in [5.41, 5.74) is 7.22. The number of thioether (sulfide) groups is 1. The molecule has 0 saturated carbocycles. The van der Waals surface area contributed by atoms with E-state index in [0.29, 0.717) is 27.5 Å². The first-order chi connectivity index (χ1) is 8.56. The second kappa shape index (κ2) is 6.09. The van der Waals surface area contributed by atoms with E-state index in [9.17, 15) is 5.26 Å².